The van der Waals surface area contributed by atoms with Crippen LogP contribution >= 0.6 is 11.8 Å². The van der Waals surface area contributed by atoms with Crippen molar-refractivity contribution in [2.75, 3.05) is 17.7 Å². The Morgan fingerprint density at radius 2 is 1.84 bits per heavy atom. The van der Waals surface area contributed by atoms with E-state index in [1.54, 1.807) is 49.6 Å². The van der Waals surface area contributed by atoms with Crippen molar-refractivity contribution < 1.29 is 23.5 Å². The molecular weight excluding hydrogens is 490 g/mol. The molecule has 0 saturated heterocycles. The van der Waals surface area contributed by atoms with Crippen LogP contribution in [0.15, 0.2) is 80.8 Å². The molecule has 1 aromatic heterocycles. The third-order valence-electron chi connectivity index (χ3n) is 5.59. The first kappa shape index (κ1) is 26.1. The Labute approximate surface area is 220 Å². The fourth-order valence-electron chi connectivity index (χ4n) is 3.82. The molecule has 0 fully saturated rings. The lowest BCUT2D eigenvalue weighted by Crippen LogP contribution is -2.31. The summed E-state index contributed by atoms with van der Waals surface area (Å²) in [5.74, 6) is 0.382. The first-order chi connectivity index (χ1) is 17.7. The number of carbonyl (C=O) groups is 3. The van der Waals surface area contributed by atoms with E-state index in [2.05, 4.69) is 10.6 Å². The van der Waals surface area contributed by atoms with E-state index in [-0.39, 0.29) is 29.0 Å². The Kier molecular flexibility index (Phi) is 8.03. The van der Waals surface area contributed by atoms with Crippen LogP contribution in [0.25, 0.3) is 0 Å². The number of furan rings is 1. The predicted octanol–water partition coefficient (Wildman–Crippen LogP) is 5.57. The van der Waals surface area contributed by atoms with Crippen LogP contribution in [0.2, 0.25) is 0 Å². The maximum atomic E-state index is 13.4. The summed E-state index contributed by atoms with van der Waals surface area (Å²) < 4.78 is 10.8. The molecule has 2 heterocycles. The number of anilines is 2. The molecule has 2 aromatic carbocycles. The number of nitrogens with one attached hydrogen (secondary N) is 2. The molecule has 0 aliphatic carbocycles. The molecule has 0 saturated carbocycles. The van der Waals surface area contributed by atoms with Gasteiger partial charge in [-0.25, -0.2) is 0 Å². The van der Waals surface area contributed by atoms with Gasteiger partial charge in [-0.2, -0.15) is 0 Å². The highest BCUT2D eigenvalue weighted by molar-refractivity contribution is 8.04. The highest BCUT2D eigenvalue weighted by Gasteiger charge is 2.40. The molecule has 2 N–H and O–H groups in total. The van der Waals surface area contributed by atoms with Crippen LogP contribution in [0.5, 0.6) is 5.75 Å². The summed E-state index contributed by atoms with van der Waals surface area (Å²) in [6.07, 6.45) is 1.94. The van der Waals surface area contributed by atoms with Crippen LogP contribution in [0.3, 0.4) is 0 Å². The molecule has 3 amide bonds. The summed E-state index contributed by atoms with van der Waals surface area (Å²) in [7, 11) is 1.55. The van der Waals surface area contributed by atoms with Gasteiger partial charge in [-0.3, -0.25) is 19.3 Å². The van der Waals surface area contributed by atoms with E-state index in [0.29, 0.717) is 29.3 Å². The van der Waals surface area contributed by atoms with Crippen molar-refractivity contribution in [3.8, 4) is 5.75 Å². The monoisotopic (exact) mass is 519 g/mol. The summed E-state index contributed by atoms with van der Waals surface area (Å²) in [5.41, 5.74) is 2.39. The van der Waals surface area contributed by atoms with E-state index in [9.17, 15) is 14.4 Å². The molecule has 3 aromatic rings. The molecule has 9 heteroatoms. The second kappa shape index (κ2) is 11.4. The van der Waals surface area contributed by atoms with Crippen molar-refractivity contribution in [2.24, 2.45) is 5.92 Å². The highest BCUT2D eigenvalue weighted by atomic mass is 32.2. The first-order valence-corrected chi connectivity index (χ1v) is 12.7. The van der Waals surface area contributed by atoms with Crippen molar-refractivity contribution in [3.63, 3.8) is 0 Å². The van der Waals surface area contributed by atoms with Gasteiger partial charge in [0.25, 0.3) is 11.8 Å². The van der Waals surface area contributed by atoms with E-state index in [1.165, 1.54) is 18.0 Å². The van der Waals surface area contributed by atoms with Gasteiger partial charge >= 0.3 is 0 Å². The van der Waals surface area contributed by atoms with Crippen molar-refractivity contribution in [2.45, 2.75) is 38.6 Å². The number of aryl methyl sites for hydroxylation is 1. The maximum absolute atomic E-state index is 13.4. The Morgan fingerprint density at radius 3 is 2.49 bits per heavy atom. The number of ether oxygens (including phenoxy) is 1. The van der Waals surface area contributed by atoms with Gasteiger partial charge in [0.2, 0.25) is 5.91 Å². The molecule has 0 atom stereocenters. The largest absolute Gasteiger partial charge is 0.495 e. The lowest BCUT2D eigenvalue weighted by Gasteiger charge is -2.15. The SMILES string of the molecule is COc1ccc(C)cc1NC1=C(Sc2ccc(NC(=O)CC(C)C)cc2)C(=O)N(Cc2ccco2)C1=O. The Bertz CT molecular complexity index is 1330. The number of rotatable bonds is 10. The lowest BCUT2D eigenvalue weighted by atomic mass is 10.1. The van der Waals surface area contributed by atoms with Crippen LogP contribution in [-0.4, -0.2) is 29.7 Å². The number of thioether (sulfide) groups is 1. The molecule has 8 nitrogen and oxygen atoms in total. The first-order valence-electron chi connectivity index (χ1n) is 11.9. The molecular formula is C28H29N3O5S. The molecule has 0 unspecified atom stereocenters. The zero-order valence-electron chi connectivity index (χ0n) is 21.2. The zero-order chi connectivity index (χ0) is 26.5. The standard InChI is InChI=1S/C28H29N3O5S/c1-17(2)14-24(32)29-19-8-10-21(11-9-19)37-26-25(30-22-15-18(3)7-12-23(22)35-4)27(33)31(28(26)34)16-20-6-5-13-36-20/h5-13,15,17,30H,14,16H2,1-4H3,(H,29,32). The Morgan fingerprint density at radius 1 is 1.08 bits per heavy atom. The van der Waals surface area contributed by atoms with Gasteiger partial charge in [0, 0.05) is 17.0 Å². The van der Waals surface area contributed by atoms with Gasteiger partial charge in [0.1, 0.15) is 22.1 Å². The summed E-state index contributed by atoms with van der Waals surface area (Å²) in [6.45, 7) is 5.92. The number of hydrogen-bond acceptors (Lipinski definition) is 7. The molecule has 0 spiro atoms. The minimum Gasteiger partial charge on any atom is -0.495 e. The molecule has 192 valence electrons. The summed E-state index contributed by atoms with van der Waals surface area (Å²) >= 11 is 1.18. The number of imide groups is 1. The fourth-order valence-corrected chi connectivity index (χ4v) is 4.77. The van der Waals surface area contributed by atoms with Gasteiger partial charge in [0.15, 0.2) is 0 Å². The quantitative estimate of drug-likeness (QED) is 0.338. The van der Waals surface area contributed by atoms with Crippen molar-refractivity contribution in [1.82, 2.24) is 4.90 Å². The van der Waals surface area contributed by atoms with Crippen molar-refractivity contribution >= 4 is 40.9 Å². The third-order valence-corrected chi connectivity index (χ3v) is 6.68. The second-order valence-corrected chi connectivity index (χ2v) is 10.2. The van der Waals surface area contributed by atoms with E-state index >= 15 is 0 Å². The van der Waals surface area contributed by atoms with Gasteiger partial charge < -0.3 is 19.8 Å². The minimum atomic E-state index is -0.454. The number of carbonyl (C=O) groups excluding carboxylic acids is 3. The maximum Gasteiger partial charge on any atom is 0.278 e. The van der Waals surface area contributed by atoms with E-state index in [1.807, 2.05) is 32.9 Å². The van der Waals surface area contributed by atoms with Crippen molar-refractivity contribution in [3.05, 3.63) is 82.8 Å². The number of amides is 3. The van der Waals surface area contributed by atoms with E-state index in [4.69, 9.17) is 9.15 Å². The summed E-state index contributed by atoms with van der Waals surface area (Å²) in [6, 6.07) is 16.2. The Hall–Kier alpha value is -3.98. The Balaban J connectivity index is 1.62. The molecule has 0 bridgehead atoms. The van der Waals surface area contributed by atoms with Crippen LogP contribution < -0.4 is 15.4 Å². The average Bonchev–Trinajstić information content (AvgIpc) is 3.44. The van der Waals surface area contributed by atoms with E-state index in [0.717, 1.165) is 15.4 Å². The number of benzene rings is 2. The lowest BCUT2D eigenvalue weighted by molar-refractivity contribution is -0.138. The fraction of sp³-hybridized carbons (Fsp3) is 0.250. The molecule has 1 aliphatic rings. The van der Waals surface area contributed by atoms with Crippen LogP contribution in [0, 0.1) is 12.8 Å². The van der Waals surface area contributed by atoms with E-state index < -0.39 is 11.8 Å². The summed E-state index contributed by atoms with van der Waals surface area (Å²) in [4.78, 5) is 41.1. The third kappa shape index (κ3) is 6.24. The molecule has 37 heavy (non-hydrogen) atoms. The zero-order valence-corrected chi connectivity index (χ0v) is 22.0. The van der Waals surface area contributed by atoms with Gasteiger partial charge in [0.05, 0.1) is 25.6 Å². The normalized spacial score (nSPS) is 13.5. The van der Waals surface area contributed by atoms with Gasteiger partial charge in [-0.15, -0.1) is 0 Å². The van der Waals surface area contributed by atoms with Crippen LogP contribution in [0.1, 0.15) is 31.6 Å². The predicted molar refractivity (Wildman–Crippen MR) is 143 cm³/mol. The number of methoxy groups -OCH3 is 1. The second-order valence-electron chi connectivity index (χ2n) is 9.08. The highest BCUT2D eigenvalue weighted by Crippen LogP contribution is 2.38. The van der Waals surface area contributed by atoms with Crippen LogP contribution in [0.4, 0.5) is 11.4 Å². The summed E-state index contributed by atoms with van der Waals surface area (Å²) in [5, 5.41) is 6.03. The van der Waals surface area contributed by atoms with Gasteiger partial charge in [-0.1, -0.05) is 31.7 Å². The number of nitrogens with zero attached hydrogens (tertiary/aromatic N) is 1. The molecule has 4 rings (SSSR count). The molecule has 1 aliphatic heterocycles. The average molecular weight is 520 g/mol. The van der Waals surface area contributed by atoms with Crippen LogP contribution in [-0.2, 0) is 20.9 Å². The van der Waals surface area contributed by atoms with Gasteiger partial charge in [-0.05, 0) is 66.9 Å². The van der Waals surface area contributed by atoms with Crippen molar-refractivity contribution in [1.29, 1.82) is 0 Å². The topological polar surface area (TPSA) is 101 Å². The number of hydrogen-bond donors (Lipinski definition) is 2. The smallest absolute Gasteiger partial charge is 0.278 e. The molecule has 0 radical (unpaired) electrons. The minimum absolute atomic E-state index is 0.0195.